The van der Waals surface area contributed by atoms with Gasteiger partial charge in [-0.25, -0.2) is 15.1 Å². The van der Waals surface area contributed by atoms with Crippen molar-refractivity contribution in [2.75, 3.05) is 39.4 Å². The summed E-state index contributed by atoms with van der Waals surface area (Å²) >= 11 is 0. The van der Waals surface area contributed by atoms with Crippen molar-refractivity contribution in [3.63, 3.8) is 0 Å². The molecule has 1 N–H and O–H groups in total. The van der Waals surface area contributed by atoms with Crippen LogP contribution in [0.2, 0.25) is 0 Å². The summed E-state index contributed by atoms with van der Waals surface area (Å²) in [6.07, 6.45) is 2.70. The Kier molecular flexibility index (Phi) is 10.3. The van der Waals surface area contributed by atoms with Crippen LogP contribution >= 0.6 is 0 Å². The minimum Gasteiger partial charge on any atom is -0.444 e. The zero-order chi connectivity index (χ0) is 26.0. The Morgan fingerprint density at radius 3 is 2.64 bits per heavy atom. The van der Waals surface area contributed by atoms with E-state index in [1.165, 1.54) is 0 Å². The third-order valence-corrected chi connectivity index (χ3v) is 5.80. The molecule has 200 valence electrons. The first-order valence-corrected chi connectivity index (χ1v) is 12.4. The highest BCUT2D eigenvalue weighted by atomic mass is 16.7. The summed E-state index contributed by atoms with van der Waals surface area (Å²) in [6.45, 7) is 9.37. The molecule has 0 radical (unpaired) electrons. The van der Waals surface area contributed by atoms with Crippen LogP contribution in [0.25, 0.3) is 0 Å². The van der Waals surface area contributed by atoms with Gasteiger partial charge in [0.05, 0.1) is 12.6 Å². The number of carbonyl (C=O) groups excluding carboxylic acids is 3. The van der Waals surface area contributed by atoms with Crippen LogP contribution in [-0.4, -0.2) is 90.5 Å². The lowest BCUT2D eigenvalue weighted by atomic mass is 10.1. The van der Waals surface area contributed by atoms with Gasteiger partial charge in [-0.3, -0.25) is 14.5 Å². The molecule has 2 atom stereocenters. The van der Waals surface area contributed by atoms with E-state index in [4.69, 9.17) is 19.1 Å². The van der Waals surface area contributed by atoms with Crippen molar-refractivity contribution in [2.24, 2.45) is 0 Å². The monoisotopic (exact) mass is 506 g/mol. The minimum absolute atomic E-state index is 0.0310. The third kappa shape index (κ3) is 8.65. The fraction of sp³-hybridized carbons (Fsp3) is 0.640. The van der Waals surface area contributed by atoms with Crippen molar-refractivity contribution < 1.29 is 33.5 Å². The Hall–Kier alpha value is -2.89. The summed E-state index contributed by atoms with van der Waals surface area (Å²) in [5, 5.41) is 1.57. The molecule has 0 aromatic heterocycles. The summed E-state index contributed by atoms with van der Waals surface area (Å²) in [5.74, 6) is 0. The number of rotatable bonds is 7. The zero-order valence-corrected chi connectivity index (χ0v) is 21.4. The highest BCUT2D eigenvalue weighted by molar-refractivity contribution is 5.76. The van der Waals surface area contributed by atoms with Crippen LogP contribution in [0.1, 0.15) is 45.6 Å². The molecule has 3 aliphatic heterocycles. The van der Waals surface area contributed by atoms with E-state index < -0.39 is 5.60 Å². The third-order valence-electron chi connectivity index (χ3n) is 5.80. The summed E-state index contributed by atoms with van der Waals surface area (Å²) in [6, 6.07) is 10.2. The largest absolute Gasteiger partial charge is 0.444 e. The molecule has 1 aromatic carbocycles. The maximum atomic E-state index is 12.0. The van der Waals surface area contributed by atoms with Crippen molar-refractivity contribution >= 4 is 18.5 Å². The number of benzene rings is 1. The standard InChI is InChI=1S/C13H16N2O2.C12H22N2O5/c16-13-14-8-4-7-12(9-14)15(13)17-10-11-5-2-1-3-6-11;1-12(2,3)19-11(16)14-5-4-6-17-10(7-14)8-18-13-9-15/h1-3,5-6,12H,4,7-10H2;9-10H,4-8H2,1-3H3,(H,13,15). The van der Waals surface area contributed by atoms with Gasteiger partial charge in [0, 0.05) is 26.2 Å². The number of hydrogen-bond donors (Lipinski definition) is 1. The second kappa shape index (κ2) is 13.4. The normalized spacial score (nSPS) is 21.9. The lowest BCUT2D eigenvalue weighted by Gasteiger charge is -2.27. The van der Waals surface area contributed by atoms with E-state index in [0.29, 0.717) is 32.7 Å². The molecule has 3 heterocycles. The summed E-state index contributed by atoms with van der Waals surface area (Å²) in [4.78, 5) is 48.0. The minimum atomic E-state index is -0.519. The Morgan fingerprint density at radius 2 is 1.94 bits per heavy atom. The number of nitrogens with one attached hydrogen (secondary N) is 1. The van der Waals surface area contributed by atoms with Crippen molar-refractivity contribution in [3.8, 4) is 0 Å². The molecule has 2 bridgehead atoms. The molecule has 11 nitrogen and oxygen atoms in total. The van der Waals surface area contributed by atoms with E-state index in [1.807, 2.05) is 56.0 Å². The average Bonchev–Trinajstić information content (AvgIpc) is 3.01. The molecule has 3 fully saturated rings. The van der Waals surface area contributed by atoms with E-state index >= 15 is 0 Å². The average molecular weight is 507 g/mol. The number of amides is 4. The predicted octanol–water partition coefficient (Wildman–Crippen LogP) is 2.71. The number of ether oxygens (including phenoxy) is 2. The summed E-state index contributed by atoms with van der Waals surface area (Å²) in [5.41, 5.74) is 2.68. The van der Waals surface area contributed by atoms with E-state index in [9.17, 15) is 14.4 Å². The molecule has 36 heavy (non-hydrogen) atoms. The smallest absolute Gasteiger partial charge is 0.410 e. The highest BCUT2D eigenvalue weighted by Gasteiger charge is 2.40. The number of hydrogen-bond acceptors (Lipinski definition) is 7. The Labute approximate surface area is 212 Å². The molecule has 4 rings (SSSR count). The molecule has 3 aliphatic rings. The highest BCUT2D eigenvalue weighted by Crippen LogP contribution is 2.26. The van der Waals surface area contributed by atoms with Crippen molar-refractivity contribution in [2.45, 2.75) is 64.4 Å². The maximum Gasteiger partial charge on any atom is 0.410 e. The molecule has 2 unspecified atom stereocenters. The van der Waals surface area contributed by atoms with E-state index in [0.717, 1.165) is 37.9 Å². The molecule has 4 amide bonds. The van der Waals surface area contributed by atoms with Gasteiger partial charge in [-0.15, -0.1) is 0 Å². The molecule has 0 aliphatic carbocycles. The Bertz CT molecular complexity index is 849. The predicted molar refractivity (Wildman–Crippen MR) is 130 cm³/mol. The van der Waals surface area contributed by atoms with Crippen LogP contribution in [0.5, 0.6) is 0 Å². The SMILES string of the molecule is CC(C)(C)OC(=O)N1CCCOC(CONC=O)C1.O=C1N2CCCC(C2)N1OCc1ccccc1. The van der Waals surface area contributed by atoms with E-state index in [1.54, 1.807) is 9.96 Å². The number of fused-ring (bicyclic) bond motifs is 2. The van der Waals surface area contributed by atoms with Gasteiger partial charge in [0.2, 0.25) is 6.41 Å². The second-order valence-electron chi connectivity index (χ2n) is 9.93. The van der Waals surface area contributed by atoms with E-state index in [-0.39, 0.29) is 30.9 Å². The van der Waals surface area contributed by atoms with Gasteiger partial charge < -0.3 is 19.3 Å². The molecule has 1 aromatic rings. The van der Waals surface area contributed by atoms with Crippen molar-refractivity contribution in [1.82, 2.24) is 20.3 Å². The van der Waals surface area contributed by atoms with Crippen molar-refractivity contribution in [3.05, 3.63) is 35.9 Å². The first-order valence-electron chi connectivity index (χ1n) is 12.4. The quantitative estimate of drug-likeness (QED) is 0.344. The molecular weight excluding hydrogens is 468 g/mol. The Balaban J connectivity index is 0.000000201. The second-order valence-corrected chi connectivity index (χ2v) is 9.93. The molecule has 11 heteroatoms. The van der Waals surface area contributed by atoms with Gasteiger partial charge in [-0.1, -0.05) is 30.3 Å². The first kappa shape index (κ1) is 27.7. The molecule has 0 saturated carbocycles. The fourth-order valence-corrected chi connectivity index (χ4v) is 4.16. The first-order chi connectivity index (χ1) is 17.3. The van der Waals surface area contributed by atoms with Gasteiger partial charge >= 0.3 is 12.1 Å². The van der Waals surface area contributed by atoms with Crippen LogP contribution < -0.4 is 5.48 Å². The van der Waals surface area contributed by atoms with Crippen LogP contribution in [0, 0.1) is 0 Å². The number of nitrogens with zero attached hydrogens (tertiary/aromatic N) is 3. The van der Waals surface area contributed by atoms with Gasteiger partial charge in [0.15, 0.2) is 0 Å². The number of piperidine rings is 1. The summed E-state index contributed by atoms with van der Waals surface area (Å²) < 4.78 is 10.9. The van der Waals surface area contributed by atoms with Gasteiger partial charge in [0.1, 0.15) is 24.9 Å². The van der Waals surface area contributed by atoms with Crippen LogP contribution in [-0.2, 0) is 30.6 Å². The number of hydroxylamine groups is 3. The lowest BCUT2D eigenvalue weighted by Crippen LogP contribution is -2.42. The lowest BCUT2D eigenvalue weighted by molar-refractivity contribution is -0.140. The van der Waals surface area contributed by atoms with E-state index in [2.05, 4.69) is 5.48 Å². The van der Waals surface area contributed by atoms with Crippen LogP contribution in [0.15, 0.2) is 30.3 Å². The molecule has 3 saturated heterocycles. The zero-order valence-electron chi connectivity index (χ0n) is 21.4. The van der Waals surface area contributed by atoms with Gasteiger partial charge in [-0.05, 0) is 45.6 Å². The maximum absolute atomic E-state index is 12.0. The molecular formula is C25H38N4O7. The number of carbonyl (C=O) groups is 3. The van der Waals surface area contributed by atoms with Gasteiger partial charge in [-0.2, -0.15) is 5.06 Å². The van der Waals surface area contributed by atoms with Crippen molar-refractivity contribution in [1.29, 1.82) is 0 Å². The van der Waals surface area contributed by atoms with Crippen LogP contribution in [0.4, 0.5) is 9.59 Å². The molecule has 0 spiro atoms. The topological polar surface area (TPSA) is 110 Å². The number of urea groups is 1. The van der Waals surface area contributed by atoms with Crippen LogP contribution in [0.3, 0.4) is 0 Å². The summed E-state index contributed by atoms with van der Waals surface area (Å²) in [7, 11) is 0. The fourth-order valence-electron chi connectivity index (χ4n) is 4.16. The van der Waals surface area contributed by atoms with Gasteiger partial charge in [0.25, 0.3) is 0 Å². The Morgan fingerprint density at radius 1 is 1.17 bits per heavy atom.